The molecular weight excluding hydrogens is 184 g/mol. The number of rotatable bonds is 2. The second-order valence-corrected chi connectivity index (χ2v) is 7.85. The van der Waals surface area contributed by atoms with Crippen molar-refractivity contribution in [1.82, 2.24) is 0 Å². The summed E-state index contributed by atoms with van der Waals surface area (Å²) < 4.78 is 6.18. The molecule has 0 radical (unpaired) electrons. The fraction of sp³-hybridized carbons (Fsp3) is 1.00. The fourth-order valence-corrected chi connectivity index (χ4v) is 1.51. The van der Waals surface area contributed by atoms with Crippen LogP contribution in [0.1, 0.15) is 68.7 Å². The molecular formula is C14H30O. The van der Waals surface area contributed by atoms with E-state index in [1.165, 1.54) is 0 Å². The Hall–Kier alpha value is -0.0400. The lowest BCUT2D eigenvalue weighted by Gasteiger charge is -2.39. The summed E-state index contributed by atoms with van der Waals surface area (Å²) in [5.41, 5.74) is 0.479. The highest BCUT2D eigenvalue weighted by atomic mass is 16.5. The van der Waals surface area contributed by atoms with Gasteiger partial charge in [-0.1, -0.05) is 41.5 Å². The Morgan fingerprint density at radius 2 is 1.20 bits per heavy atom. The normalized spacial score (nSPS) is 16.6. The Kier molecular flexibility index (Phi) is 4.44. The first-order valence-corrected chi connectivity index (χ1v) is 5.99. The molecule has 1 heteroatoms. The molecule has 0 aliphatic carbocycles. The predicted molar refractivity (Wildman–Crippen MR) is 68.2 cm³/mol. The lowest BCUT2D eigenvalue weighted by atomic mass is 9.78. The maximum atomic E-state index is 6.18. The van der Waals surface area contributed by atoms with Gasteiger partial charge in [0.2, 0.25) is 0 Å². The largest absolute Gasteiger partial charge is 0.372 e. The summed E-state index contributed by atoms with van der Waals surface area (Å²) in [7, 11) is 0. The van der Waals surface area contributed by atoms with Crippen molar-refractivity contribution in [3.8, 4) is 0 Å². The quantitative estimate of drug-likeness (QED) is 0.650. The lowest BCUT2D eigenvalue weighted by Crippen LogP contribution is -2.39. The average Bonchev–Trinajstić information content (AvgIpc) is 1.75. The molecule has 0 aliphatic rings. The minimum atomic E-state index is -0.0524. The Labute approximate surface area is 96.6 Å². The molecule has 1 atom stereocenters. The maximum absolute atomic E-state index is 6.18. The van der Waals surface area contributed by atoms with Gasteiger partial charge in [-0.2, -0.15) is 0 Å². The summed E-state index contributed by atoms with van der Waals surface area (Å²) >= 11 is 0. The Balaban J connectivity index is 4.62. The van der Waals surface area contributed by atoms with Crippen LogP contribution in [0.5, 0.6) is 0 Å². The van der Waals surface area contributed by atoms with Crippen LogP contribution >= 0.6 is 0 Å². The van der Waals surface area contributed by atoms with Gasteiger partial charge in [0.05, 0.1) is 11.7 Å². The highest BCUT2D eigenvalue weighted by Gasteiger charge is 2.32. The Bertz CT molecular complexity index is 169. The molecule has 0 saturated heterocycles. The molecule has 15 heavy (non-hydrogen) atoms. The maximum Gasteiger partial charge on any atom is 0.0635 e. The van der Waals surface area contributed by atoms with Crippen LogP contribution in [0, 0.1) is 10.8 Å². The van der Waals surface area contributed by atoms with Crippen molar-refractivity contribution in [1.29, 1.82) is 0 Å². The predicted octanol–water partition coefficient (Wildman–Crippen LogP) is 4.65. The molecule has 0 heterocycles. The summed E-state index contributed by atoms with van der Waals surface area (Å²) in [5.74, 6) is 0. The lowest BCUT2D eigenvalue weighted by molar-refractivity contribution is -0.118. The van der Waals surface area contributed by atoms with Crippen LogP contribution in [0.3, 0.4) is 0 Å². The molecule has 92 valence electrons. The van der Waals surface area contributed by atoms with Gasteiger partial charge < -0.3 is 4.74 Å². The van der Waals surface area contributed by atoms with Gasteiger partial charge in [-0.15, -0.1) is 0 Å². The molecule has 0 aromatic carbocycles. The van der Waals surface area contributed by atoms with Crippen LogP contribution in [0.4, 0.5) is 0 Å². The molecule has 0 rings (SSSR count). The van der Waals surface area contributed by atoms with Crippen molar-refractivity contribution >= 4 is 0 Å². The Morgan fingerprint density at radius 1 is 0.800 bits per heavy atom. The van der Waals surface area contributed by atoms with Gasteiger partial charge in [-0.25, -0.2) is 0 Å². The first kappa shape index (κ1) is 15.0. The van der Waals surface area contributed by atoms with E-state index in [1.54, 1.807) is 0 Å². The summed E-state index contributed by atoms with van der Waals surface area (Å²) in [6.07, 6.45) is 1.42. The van der Waals surface area contributed by atoms with E-state index >= 15 is 0 Å². The van der Waals surface area contributed by atoms with Crippen LogP contribution in [0.25, 0.3) is 0 Å². The van der Waals surface area contributed by atoms with Crippen molar-refractivity contribution in [3.05, 3.63) is 0 Å². The minimum Gasteiger partial charge on any atom is -0.372 e. The minimum absolute atomic E-state index is 0.0524. The van der Waals surface area contributed by atoms with E-state index < -0.39 is 0 Å². The van der Waals surface area contributed by atoms with Crippen LogP contribution in [0.2, 0.25) is 0 Å². The van der Waals surface area contributed by atoms with Crippen LogP contribution in [-0.2, 0) is 4.74 Å². The van der Waals surface area contributed by atoms with Crippen molar-refractivity contribution < 1.29 is 4.74 Å². The average molecular weight is 214 g/mol. The number of hydrogen-bond donors (Lipinski definition) is 0. The summed E-state index contributed by atoms with van der Waals surface area (Å²) in [6, 6.07) is 0. The molecule has 0 bridgehead atoms. The second kappa shape index (κ2) is 4.45. The molecule has 0 saturated carbocycles. The highest BCUT2D eigenvalue weighted by molar-refractivity contribution is 4.82. The molecule has 1 unspecified atom stereocenters. The molecule has 0 aliphatic heterocycles. The van der Waals surface area contributed by atoms with Crippen molar-refractivity contribution in [3.63, 3.8) is 0 Å². The van der Waals surface area contributed by atoms with E-state index in [4.69, 9.17) is 4.74 Å². The monoisotopic (exact) mass is 214 g/mol. The van der Waals surface area contributed by atoms with Gasteiger partial charge in [0.25, 0.3) is 0 Å². The molecule has 0 aromatic heterocycles. The zero-order valence-corrected chi connectivity index (χ0v) is 12.2. The van der Waals surface area contributed by atoms with E-state index in [0.29, 0.717) is 11.5 Å². The SMILES string of the molecule is CC(C)(C)CC(OC(C)(C)C)C(C)(C)C. The molecule has 1 nitrogen and oxygen atoms in total. The number of ether oxygens (including phenoxy) is 1. The van der Waals surface area contributed by atoms with E-state index in [1.807, 2.05) is 0 Å². The van der Waals surface area contributed by atoms with Crippen LogP contribution in [-0.4, -0.2) is 11.7 Å². The zero-order valence-electron chi connectivity index (χ0n) is 12.2. The highest BCUT2D eigenvalue weighted by Crippen LogP contribution is 2.35. The zero-order chi connectivity index (χ0) is 12.5. The summed E-state index contributed by atoms with van der Waals surface area (Å²) in [4.78, 5) is 0. The van der Waals surface area contributed by atoms with Gasteiger partial charge in [-0.3, -0.25) is 0 Å². The molecule has 0 spiro atoms. The summed E-state index contributed by atoms with van der Waals surface area (Å²) in [6.45, 7) is 20.0. The van der Waals surface area contributed by atoms with Crippen molar-refractivity contribution in [2.24, 2.45) is 10.8 Å². The van der Waals surface area contributed by atoms with Gasteiger partial charge in [-0.05, 0) is 38.0 Å². The van der Waals surface area contributed by atoms with Gasteiger partial charge >= 0.3 is 0 Å². The van der Waals surface area contributed by atoms with Gasteiger partial charge in [0.15, 0.2) is 0 Å². The van der Waals surface area contributed by atoms with Gasteiger partial charge in [0, 0.05) is 0 Å². The van der Waals surface area contributed by atoms with Crippen LogP contribution < -0.4 is 0 Å². The third kappa shape index (κ3) is 7.84. The molecule has 0 fully saturated rings. The topological polar surface area (TPSA) is 9.23 Å². The first-order chi connectivity index (χ1) is 6.31. The Morgan fingerprint density at radius 3 is 1.40 bits per heavy atom. The van der Waals surface area contributed by atoms with Crippen molar-refractivity contribution in [2.45, 2.75) is 80.4 Å². The molecule has 0 N–H and O–H groups in total. The fourth-order valence-electron chi connectivity index (χ4n) is 1.51. The summed E-state index contributed by atoms with van der Waals surface area (Å²) in [5, 5.41) is 0. The second-order valence-electron chi connectivity index (χ2n) is 7.85. The van der Waals surface area contributed by atoms with E-state index in [-0.39, 0.29) is 11.0 Å². The third-order valence-electron chi connectivity index (χ3n) is 2.26. The first-order valence-electron chi connectivity index (χ1n) is 5.99. The molecule has 0 amide bonds. The van der Waals surface area contributed by atoms with E-state index in [9.17, 15) is 0 Å². The molecule has 0 aromatic rings. The smallest absolute Gasteiger partial charge is 0.0635 e. The van der Waals surface area contributed by atoms with E-state index in [0.717, 1.165) is 6.42 Å². The van der Waals surface area contributed by atoms with E-state index in [2.05, 4.69) is 62.3 Å². The standard InChI is InChI=1S/C14H30O/c1-12(2,3)10-11(13(4,5)6)15-14(7,8)9/h11H,10H2,1-9H3. The van der Waals surface area contributed by atoms with Gasteiger partial charge in [0.1, 0.15) is 0 Å². The number of hydrogen-bond acceptors (Lipinski definition) is 1. The van der Waals surface area contributed by atoms with Crippen LogP contribution in [0.15, 0.2) is 0 Å². The third-order valence-corrected chi connectivity index (χ3v) is 2.26. The van der Waals surface area contributed by atoms with Crippen molar-refractivity contribution in [2.75, 3.05) is 0 Å².